The maximum atomic E-state index is 11.2. The molecule has 0 heterocycles. The highest BCUT2D eigenvalue weighted by atomic mass is 16.5. The van der Waals surface area contributed by atoms with Gasteiger partial charge in [-0.15, -0.1) is 0 Å². The maximum Gasteiger partial charge on any atom is 0.330 e. The molecule has 0 radical (unpaired) electrons. The maximum absolute atomic E-state index is 11.2. The van der Waals surface area contributed by atoms with Crippen LogP contribution >= 0.6 is 0 Å². The molecule has 3 N–H and O–H groups in total. The van der Waals surface area contributed by atoms with Crippen LogP contribution in [0.3, 0.4) is 0 Å². The van der Waals surface area contributed by atoms with Crippen LogP contribution in [-0.4, -0.2) is 24.5 Å². The van der Waals surface area contributed by atoms with E-state index in [0.717, 1.165) is 17.7 Å². The van der Waals surface area contributed by atoms with Gasteiger partial charge in [0.15, 0.2) is 0 Å². The fourth-order valence-electron chi connectivity index (χ4n) is 1.27. The summed E-state index contributed by atoms with van der Waals surface area (Å²) in [5.74, 6) is -1.43. The minimum absolute atomic E-state index is 0.213. The minimum Gasteiger partial charge on any atom is -0.462 e. The van der Waals surface area contributed by atoms with E-state index >= 15 is 0 Å². The third kappa shape index (κ3) is 6.62. The number of nitrogens with two attached hydrogens (primary N) is 1. The molecule has 100 valence electrons. The Hall–Kier alpha value is -2.63. The topological polar surface area (TPSA) is 98.5 Å². The molecule has 1 rings (SSSR count). The lowest BCUT2D eigenvalue weighted by atomic mass is 10.2. The van der Waals surface area contributed by atoms with E-state index < -0.39 is 17.9 Å². The Morgan fingerprint density at radius 1 is 1.16 bits per heavy atom. The molecule has 0 fully saturated rings. The summed E-state index contributed by atoms with van der Waals surface area (Å²) < 4.78 is 4.88. The van der Waals surface area contributed by atoms with E-state index in [4.69, 9.17) is 10.5 Å². The SMILES string of the molecule is NC(=O)NC(=O)/C=C\C(=O)OCCc1ccccc1. The number of rotatable bonds is 5. The van der Waals surface area contributed by atoms with Crippen molar-refractivity contribution in [1.29, 1.82) is 0 Å². The van der Waals surface area contributed by atoms with Crippen molar-refractivity contribution in [2.24, 2.45) is 5.73 Å². The van der Waals surface area contributed by atoms with Crippen molar-refractivity contribution in [3.8, 4) is 0 Å². The number of ether oxygens (including phenoxy) is 1. The molecule has 0 saturated heterocycles. The van der Waals surface area contributed by atoms with E-state index in [1.165, 1.54) is 0 Å². The standard InChI is InChI=1S/C13H14N2O4/c14-13(18)15-11(16)6-7-12(17)19-9-8-10-4-2-1-3-5-10/h1-7H,8-9H2,(H3,14,15,16,18)/b7-6-. The monoisotopic (exact) mass is 262 g/mol. The summed E-state index contributed by atoms with van der Waals surface area (Å²) in [6.45, 7) is 0.213. The first kappa shape index (κ1) is 14.4. The van der Waals surface area contributed by atoms with Crippen LogP contribution in [0.15, 0.2) is 42.5 Å². The third-order valence-corrected chi connectivity index (χ3v) is 2.10. The van der Waals surface area contributed by atoms with Gasteiger partial charge in [-0.3, -0.25) is 10.1 Å². The first-order valence-electron chi connectivity index (χ1n) is 5.57. The van der Waals surface area contributed by atoms with Crippen LogP contribution in [-0.2, 0) is 20.7 Å². The molecule has 0 aliphatic rings. The summed E-state index contributed by atoms with van der Waals surface area (Å²) in [6, 6.07) is 8.55. The van der Waals surface area contributed by atoms with Gasteiger partial charge < -0.3 is 10.5 Å². The first-order chi connectivity index (χ1) is 9.08. The summed E-state index contributed by atoms with van der Waals surface area (Å²) >= 11 is 0. The lowest BCUT2D eigenvalue weighted by Crippen LogP contribution is -2.33. The Balaban J connectivity index is 2.26. The molecule has 0 bridgehead atoms. The predicted molar refractivity (Wildman–Crippen MR) is 68.0 cm³/mol. The second kappa shape index (κ2) is 7.65. The lowest BCUT2D eigenvalue weighted by molar-refractivity contribution is -0.137. The molecule has 0 atom stereocenters. The van der Waals surface area contributed by atoms with Crippen LogP contribution in [0.1, 0.15) is 5.56 Å². The molecule has 0 aliphatic heterocycles. The molecular formula is C13H14N2O4. The Morgan fingerprint density at radius 2 is 1.84 bits per heavy atom. The van der Waals surface area contributed by atoms with Crippen molar-refractivity contribution in [1.82, 2.24) is 5.32 Å². The van der Waals surface area contributed by atoms with Crippen molar-refractivity contribution in [2.75, 3.05) is 6.61 Å². The summed E-state index contributed by atoms with van der Waals surface area (Å²) in [6.07, 6.45) is 2.41. The van der Waals surface area contributed by atoms with E-state index in [0.29, 0.717) is 6.42 Å². The van der Waals surface area contributed by atoms with Gasteiger partial charge in [0.05, 0.1) is 6.61 Å². The van der Waals surface area contributed by atoms with Gasteiger partial charge in [-0.05, 0) is 5.56 Å². The number of hydrogen-bond donors (Lipinski definition) is 2. The predicted octanol–water partition coefficient (Wildman–Crippen LogP) is 0.523. The summed E-state index contributed by atoms with van der Waals surface area (Å²) in [4.78, 5) is 32.5. The van der Waals surface area contributed by atoms with Crippen molar-refractivity contribution in [2.45, 2.75) is 6.42 Å². The summed E-state index contributed by atoms with van der Waals surface area (Å²) in [7, 11) is 0. The Bertz CT molecular complexity index is 483. The molecule has 0 unspecified atom stereocenters. The number of carbonyl (C=O) groups excluding carboxylic acids is 3. The van der Waals surface area contributed by atoms with Gasteiger partial charge in [0.25, 0.3) is 5.91 Å². The van der Waals surface area contributed by atoms with Crippen molar-refractivity contribution in [3.05, 3.63) is 48.0 Å². The molecule has 6 heteroatoms. The molecule has 3 amide bonds. The molecule has 0 spiro atoms. The molecule has 0 saturated carbocycles. The lowest BCUT2D eigenvalue weighted by Gasteiger charge is -2.02. The normalized spacial score (nSPS) is 10.1. The van der Waals surface area contributed by atoms with Crippen molar-refractivity contribution in [3.63, 3.8) is 0 Å². The molecule has 0 aliphatic carbocycles. The Labute approximate surface area is 110 Å². The minimum atomic E-state index is -0.980. The number of primary amides is 1. The highest BCUT2D eigenvalue weighted by Gasteiger charge is 2.02. The van der Waals surface area contributed by atoms with Crippen LogP contribution < -0.4 is 11.1 Å². The molecule has 6 nitrogen and oxygen atoms in total. The van der Waals surface area contributed by atoms with Crippen LogP contribution in [0.25, 0.3) is 0 Å². The molecular weight excluding hydrogens is 248 g/mol. The second-order valence-corrected chi connectivity index (χ2v) is 3.59. The number of nitrogens with one attached hydrogen (secondary N) is 1. The number of imide groups is 1. The zero-order chi connectivity index (χ0) is 14.1. The smallest absolute Gasteiger partial charge is 0.330 e. The van der Waals surface area contributed by atoms with Gasteiger partial charge >= 0.3 is 12.0 Å². The molecule has 1 aromatic rings. The van der Waals surface area contributed by atoms with Gasteiger partial charge in [-0.2, -0.15) is 0 Å². The Morgan fingerprint density at radius 3 is 2.47 bits per heavy atom. The highest BCUT2D eigenvalue weighted by molar-refractivity contribution is 6.02. The average Bonchev–Trinajstić information content (AvgIpc) is 2.37. The number of urea groups is 1. The zero-order valence-electron chi connectivity index (χ0n) is 10.2. The second-order valence-electron chi connectivity index (χ2n) is 3.59. The van der Waals surface area contributed by atoms with Gasteiger partial charge in [0.1, 0.15) is 0 Å². The highest BCUT2D eigenvalue weighted by Crippen LogP contribution is 1.99. The molecule has 0 aromatic heterocycles. The third-order valence-electron chi connectivity index (χ3n) is 2.10. The summed E-state index contributed by atoms with van der Waals surface area (Å²) in [5, 5.41) is 1.79. The Kier molecular flexibility index (Phi) is 5.81. The van der Waals surface area contributed by atoms with E-state index in [1.54, 1.807) is 5.32 Å². The van der Waals surface area contributed by atoms with Crippen LogP contribution in [0, 0.1) is 0 Å². The quantitative estimate of drug-likeness (QED) is 0.597. The van der Waals surface area contributed by atoms with Gasteiger partial charge in [-0.1, -0.05) is 30.3 Å². The van der Waals surface area contributed by atoms with Gasteiger partial charge in [0, 0.05) is 18.6 Å². The first-order valence-corrected chi connectivity index (χ1v) is 5.57. The molecule has 19 heavy (non-hydrogen) atoms. The number of amides is 3. The number of esters is 1. The van der Waals surface area contributed by atoms with Crippen molar-refractivity contribution < 1.29 is 19.1 Å². The van der Waals surface area contributed by atoms with Crippen molar-refractivity contribution >= 4 is 17.9 Å². The summed E-state index contributed by atoms with van der Waals surface area (Å²) in [5.41, 5.74) is 5.77. The van der Waals surface area contributed by atoms with Gasteiger partial charge in [0.2, 0.25) is 0 Å². The largest absolute Gasteiger partial charge is 0.462 e. The van der Waals surface area contributed by atoms with Crippen LogP contribution in [0.4, 0.5) is 4.79 Å². The zero-order valence-corrected chi connectivity index (χ0v) is 10.2. The molecule has 1 aromatic carbocycles. The van der Waals surface area contributed by atoms with E-state index in [-0.39, 0.29) is 6.61 Å². The van der Waals surface area contributed by atoms with Crippen LogP contribution in [0.5, 0.6) is 0 Å². The van der Waals surface area contributed by atoms with Gasteiger partial charge in [-0.25, -0.2) is 9.59 Å². The van der Waals surface area contributed by atoms with E-state index in [2.05, 4.69) is 0 Å². The number of carbonyl (C=O) groups is 3. The fourth-order valence-corrected chi connectivity index (χ4v) is 1.27. The average molecular weight is 262 g/mol. The van der Waals surface area contributed by atoms with E-state index in [1.807, 2.05) is 30.3 Å². The van der Waals surface area contributed by atoms with E-state index in [9.17, 15) is 14.4 Å². The van der Waals surface area contributed by atoms with Crippen LogP contribution in [0.2, 0.25) is 0 Å². The number of benzene rings is 1. The number of hydrogen-bond acceptors (Lipinski definition) is 4. The fraction of sp³-hybridized carbons (Fsp3) is 0.154.